The number of likely N-dealkylation sites (tertiary alicyclic amines) is 1. The van der Waals surface area contributed by atoms with Crippen LogP contribution in [0.25, 0.3) is 0 Å². The number of hydrogen-bond donors (Lipinski definition) is 1. The highest BCUT2D eigenvalue weighted by atomic mass is 32.1. The second-order valence-corrected chi connectivity index (χ2v) is 8.22. The number of aromatic nitrogens is 2. The van der Waals surface area contributed by atoms with E-state index in [1.807, 2.05) is 6.07 Å². The highest BCUT2D eigenvalue weighted by Gasteiger charge is 2.49. The van der Waals surface area contributed by atoms with Crippen LogP contribution in [-0.4, -0.2) is 46.1 Å². The van der Waals surface area contributed by atoms with Gasteiger partial charge in [-0.05, 0) is 13.0 Å². The molecule has 1 amide bonds. The van der Waals surface area contributed by atoms with Crippen molar-refractivity contribution in [3.63, 3.8) is 0 Å². The zero-order valence-corrected chi connectivity index (χ0v) is 16.2. The summed E-state index contributed by atoms with van der Waals surface area (Å²) in [6.45, 7) is 4.61. The van der Waals surface area contributed by atoms with Gasteiger partial charge in [-0.3, -0.25) is 9.69 Å². The van der Waals surface area contributed by atoms with Crippen LogP contribution >= 0.6 is 11.3 Å². The molecule has 2 aromatic heterocycles. The fourth-order valence-electron chi connectivity index (χ4n) is 3.87. The minimum Gasteiger partial charge on any atom is -0.484 e. The van der Waals surface area contributed by atoms with E-state index >= 15 is 0 Å². The summed E-state index contributed by atoms with van der Waals surface area (Å²) in [4.78, 5) is 22.1. The Hall–Kier alpha value is -2.26. The van der Waals surface area contributed by atoms with Gasteiger partial charge in [0.05, 0.1) is 17.7 Å². The average Bonchev–Trinajstić information content (AvgIpc) is 3.22. The number of nitrogens with one attached hydrogen (secondary N) is 1. The third-order valence-electron chi connectivity index (χ3n) is 4.99. The number of carbonyl (C=O) groups is 1. The monoisotopic (exact) mass is 392 g/mol. The molecule has 27 heavy (non-hydrogen) atoms. The number of halogens is 1. The van der Waals surface area contributed by atoms with Crippen molar-refractivity contribution in [2.24, 2.45) is 0 Å². The van der Waals surface area contributed by atoms with E-state index in [4.69, 9.17) is 9.47 Å². The van der Waals surface area contributed by atoms with Crippen LogP contribution in [-0.2, 0) is 17.8 Å². The van der Waals surface area contributed by atoms with Crippen LogP contribution in [0.1, 0.15) is 30.8 Å². The van der Waals surface area contributed by atoms with Crippen LogP contribution in [0.5, 0.6) is 11.6 Å². The average molecular weight is 392 g/mol. The molecule has 0 aromatic carbocycles. The predicted molar refractivity (Wildman–Crippen MR) is 98.7 cm³/mol. The van der Waals surface area contributed by atoms with Gasteiger partial charge in [-0.2, -0.15) is 9.37 Å². The van der Waals surface area contributed by atoms with E-state index in [9.17, 15) is 9.18 Å². The van der Waals surface area contributed by atoms with Gasteiger partial charge in [0.25, 0.3) is 0 Å². The van der Waals surface area contributed by atoms with Gasteiger partial charge in [-0.15, -0.1) is 0 Å². The number of methoxy groups -OCH3 is 1. The summed E-state index contributed by atoms with van der Waals surface area (Å²) in [6, 6.07) is 3.92. The maximum atomic E-state index is 14.2. The van der Waals surface area contributed by atoms with Crippen molar-refractivity contribution >= 4 is 22.4 Å². The fourth-order valence-corrected chi connectivity index (χ4v) is 4.78. The summed E-state index contributed by atoms with van der Waals surface area (Å²) in [6.07, 6.45) is 1.55. The van der Waals surface area contributed by atoms with Crippen molar-refractivity contribution in [1.29, 1.82) is 0 Å². The highest BCUT2D eigenvalue weighted by Crippen LogP contribution is 2.43. The van der Waals surface area contributed by atoms with E-state index in [-0.39, 0.29) is 22.7 Å². The molecule has 1 spiro atoms. The lowest BCUT2D eigenvalue weighted by Gasteiger charge is -2.23. The molecule has 2 atom stereocenters. The molecule has 2 aliphatic rings. The molecule has 4 heterocycles. The molecule has 0 aliphatic carbocycles. The van der Waals surface area contributed by atoms with Gasteiger partial charge in [0.15, 0.2) is 5.13 Å². The number of rotatable bonds is 4. The van der Waals surface area contributed by atoms with Gasteiger partial charge in [-0.25, -0.2) is 4.98 Å². The lowest BCUT2D eigenvalue weighted by molar-refractivity contribution is -0.114. The van der Waals surface area contributed by atoms with E-state index < -0.39 is 5.95 Å². The Kier molecular flexibility index (Phi) is 4.51. The van der Waals surface area contributed by atoms with E-state index in [0.29, 0.717) is 30.3 Å². The van der Waals surface area contributed by atoms with Gasteiger partial charge in [0.1, 0.15) is 11.4 Å². The molecular formula is C18H21FN4O3S. The second-order valence-electron chi connectivity index (χ2n) is 7.13. The number of fused-ring (bicyclic) bond motifs is 1. The van der Waals surface area contributed by atoms with Crippen LogP contribution in [0.3, 0.4) is 0 Å². The van der Waals surface area contributed by atoms with Gasteiger partial charge < -0.3 is 14.8 Å². The Labute approximate surface area is 160 Å². The number of hydrogen-bond acceptors (Lipinski definition) is 7. The first-order chi connectivity index (χ1) is 12.9. The van der Waals surface area contributed by atoms with Crippen LogP contribution in [0, 0.1) is 5.95 Å². The Bertz CT molecular complexity index is 889. The van der Waals surface area contributed by atoms with Gasteiger partial charge in [0, 0.05) is 45.0 Å². The molecule has 7 nitrogen and oxygen atoms in total. The molecule has 2 aromatic rings. The molecule has 4 rings (SSSR count). The van der Waals surface area contributed by atoms with E-state index in [0.717, 1.165) is 17.9 Å². The molecular weight excluding hydrogens is 371 g/mol. The Morgan fingerprint density at radius 2 is 2.33 bits per heavy atom. The topological polar surface area (TPSA) is 76.6 Å². The zero-order chi connectivity index (χ0) is 19.2. The normalized spacial score (nSPS) is 24.1. The Morgan fingerprint density at radius 3 is 3.07 bits per heavy atom. The van der Waals surface area contributed by atoms with Crippen LogP contribution in [0.2, 0.25) is 0 Å². The van der Waals surface area contributed by atoms with Crippen molar-refractivity contribution in [2.45, 2.75) is 44.9 Å². The molecule has 1 fully saturated rings. The van der Waals surface area contributed by atoms with Crippen molar-refractivity contribution in [2.75, 3.05) is 19.0 Å². The van der Waals surface area contributed by atoms with Crippen LogP contribution < -0.4 is 14.8 Å². The predicted octanol–water partition coefficient (Wildman–Crippen LogP) is 2.61. The molecule has 0 unspecified atom stereocenters. The molecule has 0 radical (unpaired) electrons. The van der Waals surface area contributed by atoms with Crippen molar-refractivity contribution in [3.8, 4) is 11.6 Å². The van der Waals surface area contributed by atoms with E-state index in [1.54, 1.807) is 13.2 Å². The fraction of sp³-hybridized carbons (Fsp3) is 0.500. The van der Waals surface area contributed by atoms with E-state index in [1.165, 1.54) is 18.3 Å². The number of amides is 1. The lowest BCUT2D eigenvalue weighted by Crippen LogP contribution is -2.37. The first-order valence-electron chi connectivity index (χ1n) is 8.77. The molecule has 2 aliphatic heterocycles. The summed E-state index contributed by atoms with van der Waals surface area (Å²) in [5.74, 6) is 0.582. The molecule has 9 heteroatoms. The Morgan fingerprint density at radius 1 is 1.52 bits per heavy atom. The van der Waals surface area contributed by atoms with Gasteiger partial charge in [-0.1, -0.05) is 11.3 Å². The third kappa shape index (κ3) is 3.49. The number of nitrogens with zero attached hydrogens (tertiary/aromatic N) is 3. The molecule has 0 bridgehead atoms. The number of ether oxygens (including phenoxy) is 2. The summed E-state index contributed by atoms with van der Waals surface area (Å²) < 4.78 is 25.6. The Balaban J connectivity index is 1.48. The smallest absolute Gasteiger partial charge is 0.230 e. The quantitative estimate of drug-likeness (QED) is 0.862. The largest absolute Gasteiger partial charge is 0.484 e. The minimum atomic E-state index is -0.529. The van der Waals surface area contributed by atoms with Gasteiger partial charge >= 0.3 is 0 Å². The summed E-state index contributed by atoms with van der Waals surface area (Å²) in [5, 5.41) is 2.83. The second kappa shape index (κ2) is 6.72. The third-order valence-corrected chi connectivity index (χ3v) is 5.92. The summed E-state index contributed by atoms with van der Waals surface area (Å²) in [7, 11) is 1.60. The molecule has 1 saturated heterocycles. The number of anilines is 1. The lowest BCUT2D eigenvalue weighted by atomic mass is 9.97. The molecule has 144 valence electrons. The number of thiazole rings is 1. The van der Waals surface area contributed by atoms with Gasteiger partial charge in [0.2, 0.25) is 17.7 Å². The van der Waals surface area contributed by atoms with Crippen LogP contribution in [0.15, 0.2) is 12.1 Å². The summed E-state index contributed by atoms with van der Waals surface area (Å²) in [5.41, 5.74) is 0.559. The number of carbonyl (C=O) groups excluding carboxylic acids is 1. The maximum Gasteiger partial charge on any atom is 0.230 e. The van der Waals surface area contributed by atoms with E-state index in [2.05, 4.69) is 27.1 Å². The standard InChI is InChI=1S/C18H21FN4O3S/c1-10-6-18(7-12-13(26-18)4-5-15(21-12)25-3)9-23(10)8-14-16(19)22-17(27-14)20-11(2)24/h4-5,10H,6-9H2,1-3H3,(H,20,22,24)/t10-,18-/m0/s1. The zero-order valence-electron chi connectivity index (χ0n) is 15.4. The summed E-state index contributed by atoms with van der Waals surface area (Å²) >= 11 is 1.17. The highest BCUT2D eigenvalue weighted by molar-refractivity contribution is 7.15. The van der Waals surface area contributed by atoms with Crippen molar-refractivity contribution in [1.82, 2.24) is 14.9 Å². The SMILES string of the molecule is COc1ccc2c(n1)C[C@]1(C[C@H](C)N(Cc3sc(NC(C)=O)nc3F)C1)O2. The van der Waals surface area contributed by atoms with Crippen molar-refractivity contribution in [3.05, 3.63) is 28.7 Å². The first-order valence-corrected chi connectivity index (χ1v) is 9.59. The molecule has 1 N–H and O–H groups in total. The first kappa shape index (κ1) is 18.1. The molecule has 0 saturated carbocycles. The minimum absolute atomic E-state index is 0.229. The maximum absolute atomic E-state index is 14.2. The number of pyridine rings is 1. The van der Waals surface area contributed by atoms with Crippen molar-refractivity contribution < 1.29 is 18.7 Å². The van der Waals surface area contributed by atoms with Crippen LogP contribution in [0.4, 0.5) is 9.52 Å².